The molecule has 0 amide bonds. The standard InChI is InChI=1S/C10H21N3O2/c1-3-12-4-6-13(7-5-12)8-10(2,11)9(14)15/h3-8,11H2,1-2H3,(H,14,15). The first-order valence-corrected chi connectivity index (χ1v) is 5.42. The third kappa shape index (κ3) is 3.44. The summed E-state index contributed by atoms with van der Waals surface area (Å²) in [5.41, 5.74) is 4.57. The van der Waals surface area contributed by atoms with Gasteiger partial charge in [0, 0.05) is 32.7 Å². The molecule has 5 heteroatoms. The zero-order valence-corrected chi connectivity index (χ0v) is 9.57. The average molecular weight is 215 g/mol. The van der Waals surface area contributed by atoms with Crippen LogP contribution in [0.25, 0.3) is 0 Å². The van der Waals surface area contributed by atoms with Gasteiger partial charge < -0.3 is 15.7 Å². The van der Waals surface area contributed by atoms with Crippen LogP contribution in [0.15, 0.2) is 0 Å². The Morgan fingerprint density at radius 3 is 2.20 bits per heavy atom. The van der Waals surface area contributed by atoms with E-state index < -0.39 is 11.5 Å². The second-order valence-corrected chi connectivity index (χ2v) is 4.43. The molecule has 0 radical (unpaired) electrons. The Bertz CT molecular complexity index is 223. The molecular weight excluding hydrogens is 194 g/mol. The number of nitrogens with two attached hydrogens (primary N) is 1. The van der Waals surface area contributed by atoms with E-state index >= 15 is 0 Å². The van der Waals surface area contributed by atoms with E-state index in [4.69, 9.17) is 10.8 Å². The first kappa shape index (κ1) is 12.4. The summed E-state index contributed by atoms with van der Waals surface area (Å²) in [6.45, 7) is 9.04. The van der Waals surface area contributed by atoms with Crippen molar-refractivity contribution in [3.8, 4) is 0 Å². The summed E-state index contributed by atoms with van der Waals surface area (Å²) >= 11 is 0. The largest absolute Gasteiger partial charge is 0.480 e. The molecule has 3 N–H and O–H groups in total. The van der Waals surface area contributed by atoms with Crippen LogP contribution in [-0.2, 0) is 4.79 Å². The average Bonchev–Trinajstić information content (AvgIpc) is 2.18. The Kier molecular flexibility index (Phi) is 4.07. The van der Waals surface area contributed by atoms with E-state index in [1.54, 1.807) is 6.92 Å². The molecule has 0 aliphatic carbocycles. The normalized spacial score (nSPS) is 23.7. The Morgan fingerprint density at radius 2 is 1.80 bits per heavy atom. The molecule has 1 aliphatic rings. The van der Waals surface area contributed by atoms with Gasteiger partial charge in [-0.05, 0) is 13.5 Å². The maximum absolute atomic E-state index is 10.9. The van der Waals surface area contributed by atoms with Crippen LogP contribution in [0, 0.1) is 0 Å². The molecule has 15 heavy (non-hydrogen) atoms. The van der Waals surface area contributed by atoms with E-state index in [0.29, 0.717) is 6.54 Å². The Balaban J connectivity index is 2.38. The highest BCUT2D eigenvalue weighted by Crippen LogP contribution is 2.07. The van der Waals surface area contributed by atoms with Crippen molar-refractivity contribution in [2.24, 2.45) is 5.73 Å². The summed E-state index contributed by atoms with van der Waals surface area (Å²) in [6, 6.07) is 0. The van der Waals surface area contributed by atoms with Crippen LogP contribution in [0.4, 0.5) is 0 Å². The highest BCUT2D eigenvalue weighted by Gasteiger charge is 2.31. The zero-order chi connectivity index (χ0) is 11.5. The molecule has 1 fully saturated rings. The zero-order valence-electron chi connectivity index (χ0n) is 9.57. The van der Waals surface area contributed by atoms with Gasteiger partial charge in [0.15, 0.2) is 0 Å². The topological polar surface area (TPSA) is 69.8 Å². The molecule has 1 saturated heterocycles. The van der Waals surface area contributed by atoms with Gasteiger partial charge in [-0.1, -0.05) is 6.92 Å². The number of hydrogen-bond donors (Lipinski definition) is 2. The van der Waals surface area contributed by atoms with Crippen LogP contribution in [0.3, 0.4) is 0 Å². The fraction of sp³-hybridized carbons (Fsp3) is 0.900. The van der Waals surface area contributed by atoms with Gasteiger partial charge in [-0.3, -0.25) is 9.69 Å². The highest BCUT2D eigenvalue weighted by atomic mass is 16.4. The number of piperazine rings is 1. The molecule has 1 unspecified atom stereocenters. The second kappa shape index (κ2) is 4.92. The van der Waals surface area contributed by atoms with Gasteiger partial charge in [0.2, 0.25) is 0 Å². The molecule has 0 aromatic rings. The molecule has 1 heterocycles. The molecular formula is C10H21N3O2. The summed E-state index contributed by atoms with van der Waals surface area (Å²) in [4.78, 5) is 15.3. The number of hydrogen-bond acceptors (Lipinski definition) is 4. The van der Waals surface area contributed by atoms with Crippen LogP contribution in [0.2, 0.25) is 0 Å². The molecule has 0 bridgehead atoms. The number of carboxylic acids is 1. The van der Waals surface area contributed by atoms with Crippen LogP contribution < -0.4 is 5.73 Å². The molecule has 1 aliphatic heterocycles. The Labute approximate surface area is 90.8 Å². The molecule has 88 valence electrons. The maximum atomic E-state index is 10.9. The van der Waals surface area contributed by atoms with Crippen molar-refractivity contribution in [2.75, 3.05) is 39.3 Å². The predicted molar refractivity (Wildman–Crippen MR) is 58.8 cm³/mol. The lowest BCUT2D eigenvalue weighted by Gasteiger charge is -2.36. The third-order valence-corrected chi connectivity index (χ3v) is 2.95. The lowest BCUT2D eigenvalue weighted by molar-refractivity contribution is -0.143. The fourth-order valence-corrected chi connectivity index (χ4v) is 1.80. The SMILES string of the molecule is CCN1CCN(CC(C)(N)C(=O)O)CC1. The first-order valence-electron chi connectivity index (χ1n) is 5.42. The van der Waals surface area contributed by atoms with Crippen molar-refractivity contribution >= 4 is 5.97 Å². The van der Waals surface area contributed by atoms with Gasteiger partial charge in [0.25, 0.3) is 0 Å². The van der Waals surface area contributed by atoms with Crippen molar-refractivity contribution < 1.29 is 9.90 Å². The van der Waals surface area contributed by atoms with E-state index in [1.165, 1.54) is 0 Å². The van der Waals surface area contributed by atoms with Crippen LogP contribution >= 0.6 is 0 Å². The van der Waals surface area contributed by atoms with Crippen molar-refractivity contribution in [2.45, 2.75) is 19.4 Å². The van der Waals surface area contributed by atoms with E-state index in [2.05, 4.69) is 16.7 Å². The number of carbonyl (C=O) groups is 1. The second-order valence-electron chi connectivity index (χ2n) is 4.43. The minimum absolute atomic E-state index is 0.430. The molecule has 1 rings (SSSR count). The van der Waals surface area contributed by atoms with Crippen LogP contribution in [0.5, 0.6) is 0 Å². The van der Waals surface area contributed by atoms with Gasteiger partial charge in [-0.2, -0.15) is 0 Å². The van der Waals surface area contributed by atoms with Gasteiger partial charge in [-0.15, -0.1) is 0 Å². The van der Waals surface area contributed by atoms with Gasteiger partial charge in [-0.25, -0.2) is 0 Å². The Hall–Kier alpha value is -0.650. The van der Waals surface area contributed by atoms with Crippen molar-refractivity contribution in [3.63, 3.8) is 0 Å². The third-order valence-electron chi connectivity index (χ3n) is 2.95. The van der Waals surface area contributed by atoms with Crippen molar-refractivity contribution in [3.05, 3.63) is 0 Å². The predicted octanol–water partition coefficient (Wildman–Crippen LogP) is -0.574. The summed E-state index contributed by atoms with van der Waals surface area (Å²) in [7, 11) is 0. The molecule has 0 saturated carbocycles. The fourth-order valence-electron chi connectivity index (χ4n) is 1.80. The van der Waals surface area contributed by atoms with Crippen LogP contribution in [-0.4, -0.2) is 65.7 Å². The number of carboxylic acid groups (broad SMARTS) is 1. The lowest BCUT2D eigenvalue weighted by atomic mass is 10.0. The van der Waals surface area contributed by atoms with Gasteiger partial charge in [0.05, 0.1) is 0 Å². The molecule has 0 aromatic heterocycles. The smallest absolute Gasteiger partial charge is 0.324 e. The lowest BCUT2D eigenvalue weighted by Crippen LogP contribution is -2.57. The summed E-state index contributed by atoms with van der Waals surface area (Å²) in [5.74, 6) is -0.930. The van der Waals surface area contributed by atoms with E-state index in [0.717, 1.165) is 32.7 Å². The quantitative estimate of drug-likeness (QED) is 0.657. The minimum Gasteiger partial charge on any atom is -0.480 e. The molecule has 1 atom stereocenters. The molecule has 0 spiro atoms. The molecule has 5 nitrogen and oxygen atoms in total. The highest BCUT2D eigenvalue weighted by molar-refractivity contribution is 5.78. The number of rotatable bonds is 4. The van der Waals surface area contributed by atoms with Gasteiger partial charge >= 0.3 is 5.97 Å². The van der Waals surface area contributed by atoms with E-state index in [-0.39, 0.29) is 0 Å². The summed E-state index contributed by atoms with van der Waals surface area (Å²) in [6.07, 6.45) is 0. The minimum atomic E-state index is -1.13. The summed E-state index contributed by atoms with van der Waals surface area (Å²) in [5, 5.41) is 8.91. The van der Waals surface area contributed by atoms with Crippen molar-refractivity contribution in [1.82, 2.24) is 9.80 Å². The first-order chi connectivity index (χ1) is 6.95. The van der Waals surface area contributed by atoms with Crippen molar-refractivity contribution in [1.29, 1.82) is 0 Å². The summed E-state index contributed by atoms with van der Waals surface area (Å²) < 4.78 is 0. The number of likely N-dealkylation sites (N-methyl/N-ethyl adjacent to an activating group) is 1. The van der Waals surface area contributed by atoms with Crippen LogP contribution in [0.1, 0.15) is 13.8 Å². The van der Waals surface area contributed by atoms with E-state index in [1.807, 2.05) is 0 Å². The maximum Gasteiger partial charge on any atom is 0.324 e. The Morgan fingerprint density at radius 1 is 1.33 bits per heavy atom. The van der Waals surface area contributed by atoms with Gasteiger partial charge in [0.1, 0.15) is 5.54 Å². The monoisotopic (exact) mass is 215 g/mol. The number of nitrogens with zero attached hydrogens (tertiary/aromatic N) is 2. The molecule has 0 aromatic carbocycles. The number of aliphatic carboxylic acids is 1. The van der Waals surface area contributed by atoms with E-state index in [9.17, 15) is 4.79 Å².